The molecule has 3 heterocycles. The monoisotopic (exact) mass is 457 g/mol. The number of aliphatic hydroxyl groups excluding tert-OH is 1. The Labute approximate surface area is 198 Å². The van der Waals surface area contributed by atoms with Crippen LogP contribution in [-0.2, 0) is 16.1 Å². The van der Waals surface area contributed by atoms with Crippen LogP contribution >= 0.6 is 0 Å². The third kappa shape index (κ3) is 4.69. The van der Waals surface area contributed by atoms with E-state index in [1.165, 1.54) is 4.90 Å². The molecule has 0 saturated carbocycles. The first kappa shape index (κ1) is 23.2. The van der Waals surface area contributed by atoms with Crippen LogP contribution < -0.4 is 4.74 Å². The molecule has 1 aliphatic rings. The molecule has 0 bridgehead atoms. The van der Waals surface area contributed by atoms with Crippen LogP contribution in [0, 0.1) is 6.92 Å². The Morgan fingerprint density at radius 3 is 2.56 bits per heavy atom. The van der Waals surface area contributed by atoms with Crippen molar-refractivity contribution in [1.29, 1.82) is 0 Å². The normalized spacial score (nSPS) is 17.2. The average Bonchev–Trinajstić information content (AvgIpc) is 3.11. The number of benzene rings is 1. The van der Waals surface area contributed by atoms with Crippen LogP contribution in [0.4, 0.5) is 0 Å². The number of rotatable bonds is 8. The van der Waals surface area contributed by atoms with E-state index in [0.717, 1.165) is 29.7 Å². The molecular formula is C27H27N3O4. The van der Waals surface area contributed by atoms with E-state index in [1.807, 2.05) is 13.0 Å². The second-order valence-corrected chi connectivity index (χ2v) is 8.25. The lowest BCUT2D eigenvalue weighted by atomic mass is 9.95. The van der Waals surface area contributed by atoms with Gasteiger partial charge in [0.15, 0.2) is 0 Å². The van der Waals surface area contributed by atoms with Gasteiger partial charge in [-0.25, -0.2) is 0 Å². The molecule has 7 nitrogen and oxygen atoms in total. The van der Waals surface area contributed by atoms with Crippen molar-refractivity contribution < 1.29 is 19.4 Å². The number of ether oxygens (including phenoxy) is 1. The molecule has 34 heavy (non-hydrogen) atoms. The first-order valence-electron chi connectivity index (χ1n) is 11.3. The summed E-state index contributed by atoms with van der Waals surface area (Å²) in [7, 11) is 0. The molecule has 1 atom stereocenters. The van der Waals surface area contributed by atoms with Gasteiger partial charge in [0.1, 0.15) is 11.5 Å². The highest BCUT2D eigenvalue weighted by Crippen LogP contribution is 2.40. The molecule has 0 aliphatic carbocycles. The lowest BCUT2D eigenvalue weighted by Crippen LogP contribution is -2.29. The number of aryl methyl sites for hydroxylation is 1. The molecule has 0 spiro atoms. The number of unbranched alkanes of at least 4 members (excludes halogenated alkanes) is 1. The number of carbonyl (C=O) groups excluding carboxylic acids is 2. The number of ketones is 1. The lowest BCUT2D eigenvalue weighted by Gasteiger charge is -2.25. The van der Waals surface area contributed by atoms with Gasteiger partial charge in [-0.3, -0.25) is 19.6 Å². The zero-order valence-corrected chi connectivity index (χ0v) is 19.3. The van der Waals surface area contributed by atoms with Gasteiger partial charge < -0.3 is 14.7 Å². The molecule has 1 fully saturated rings. The van der Waals surface area contributed by atoms with Gasteiger partial charge in [-0.15, -0.1) is 0 Å². The Morgan fingerprint density at radius 2 is 1.88 bits per heavy atom. The lowest BCUT2D eigenvalue weighted by molar-refractivity contribution is -0.140. The number of Topliss-reactive ketones (excluding diaryl/α,β-unsaturated/α-hetero) is 1. The van der Waals surface area contributed by atoms with Crippen molar-refractivity contribution >= 4 is 17.4 Å². The Morgan fingerprint density at radius 1 is 1.09 bits per heavy atom. The number of nitrogens with zero attached hydrogens (tertiary/aromatic N) is 3. The Hall–Kier alpha value is -4.00. The van der Waals surface area contributed by atoms with E-state index in [9.17, 15) is 14.7 Å². The first-order valence-corrected chi connectivity index (χ1v) is 11.3. The van der Waals surface area contributed by atoms with Gasteiger partial charge in [0.25, 0.3) is 11.7 Å². The average molecular weight is 458 g/mol. The van der Waals surface area contributed by atoms with Crippen molar-refractivity contribution in [2.24, 2.45) is 0 Å². The SMILES string of the molecule is CCCCOc1ccc(/C(O)=C2/C(=O)C(=O)N(Cc3cccnc3)C2c2ccncc2)cc1C. The summed E-state index contributed by atoms with van der Waals surface area (Å²) in [6.07, 6.45) is 8.50. The Bertz CT molecular complexity index is 1210. The van der Waals surface area contributed by atoms with Crippen molar-refractivity contribution in [3.63, 3.8) is 0 Å². The van der Waals surface area contributed by atoms with Gasteiger partial charge in [0.05, 0.1) is 18.2 Å². The van der Waals surface area contributed by atoms with Crippen molar-refractivity contribution in [3.05, 3.63) is 95.1 Å². The van der Waals surface area contributed by atoms with E-state index in [0.29, 0.717) is 17.7 Å². The fraction of sp³-hybridized carbons (Fsp3) is 0.259. The summed E-state index contributed by atoms with van der Waals surface area (Å²) in [4.78, 5) is 35.9. The van der Waals surface area contributed by atoms with Crippen LogP contribution in [0.3, 0.4) is 0 Å². The van der Waals surface area contributed by atoms with Crippen molar-refractivity contribution in [1.82, 2.24) is 14.9 Å². The van der Waals surface area contributed by atoms with Gasteiger partial charge in [-0.1, -0.05) is 19.4 Å². The topological polar surface area (TPSA) is 92.6 Å². The molecule has 0 radical (unpaired) electrons. The maximum Gasteiger partial charge on any atom is 0.295 e. The van der Waals surface area contributed by atoms with Gasteiger partial charge >= 0.3 is 0 Å². The Kier molecular flexibility index (Phi) is 7.01. The third-order valence-corrected chi connectivity index (χ3v) is 5.84. The molecule has 3 aromatic rings. The zero-order valence-electron chi connectivity index (χ0n) is 19.3. The minimum Gasteiger partial charge on any atom is -0.507 e. The van der Waals surface area contributed by atoms with E-state index < -0.39 is 17.7 Å². The molecule has 2 aromatic heterocycles. The van der Waals surface area contributed by atoms with E-state index in [-0.39, 0.29) is 17.9 Å². The molecule has 4 rings (SSSR count). The summed E-state index contributed by atoms with van der Waals surface area (Å²) in [5.74, 6) is -0.864. The largest absolute Gasteiger partial charge is 0.507 e. The fourth-order valence-corrected chi connectivity index (χ4v) is 4.06. The predicted molar refractivity (Wildman–Crippen MR) is 128 cm³/mol. The summed E-state index contributed by atoms with van der Waals surface area (Å²) in [5, 5.41) is 11.3. The fourth-order valence-electron chi connectivity index (χ4n) is 4.06. The number of hydrogen-bond acceptors (Lipinski definition) is 6. The van der Waals surface area contributed by atoms with Crippen LogP contribution in [-0.4, -0.2) is 38.3 Å². The van der Waals surface area contributed by atoms with Gasteiger partial charge in [-0.2, -0.15) is 0 Å². The van der Waals surface area contributed by atoms with Crippen LogP contribution in [0.5, 0.6) is 5.75 Å². The van der Waals surface area contributed by atoms with E-state index in [4.69, 9.17) is 4.74 Å². The van der Waals surface area contributed by atoms with Crippen molar-refractivity contribution in [3.8, 4) is 5.75 Å². The highest BCUT2D eigenvalue weighted by atomic mass is 16.5. The molecule has 1 unspecified atom stereocenters. The van der Waals surface area contributed by atoms with Gasteiger partial charge in [0.2, 0.25) is 0 Å². The summed E-state index contributed by atoms with van der Waals surface area (Å²) >= 11 is 0. The van der Waals surface area contributed by atoms with Crippen LogP contribution in [0.1, 0.15) is 48.1 Å². The molecule has 1 aromatic carbocycles. The quantitative estimate of drug-likeness (QED) is 0.230. The van der Waals surface area contributed by atoms with Crippen LogP contribution in [0.2, 0.25) is 0 Å². The maximum absolute atomic E-state index is 13.2. The number of aromatic nitrogens is 2. The molecule has 1 amide bonds. The number of amides is 1. The highest BCUT2D eigenvalue weighted by Gasteiger charge is 2.46. The van der Waals surface area contributed by atoms with E-state index >= 15 is 0 Å². The predicted octanol–water partition coefficient (Wildman–Crippen LogP) is 4.59. The number of aliphatic hydroxyl groups is 1. The minimum absolute atomic E-state index is 0.0548. The first-order chi connectivity index (χ1) is 16.5. The summed E-state index contributed by atoms with van der Waals surface area (Å²) < 4.78 is 5.81. The van der Waals surface area contributed by atoms with Crippen molar-refractivity contribution in [2.75, 3.05) is 6.61 Å². The van der Waals surface area contributed by atoms with Crippen LogP contribution in [0.25, 0.3) is 5.76 Å². The van der Waals surface area contributed by atoms with E-state index in [2.05, 4.69) is 16.9 Å². The van der Waals surface area contributed by atoms with Crippen molar-refractivity contribution in [2.45, 2.75) is 39.3 Å². The number of likely N-dealkylation sites (tertiary alicyclic amines) is 1. The Balaban J connectivity index is 1.76. The second-order valence-electron chi connectivity index (χ2n) is 8.25. The minimum atomic E-state index is -0.746. The molecule has 174 valence electrons. The maximum atomic E-state index is 13.2. The smallest absolute Gasteiger partial charge is 0.295 e. The van der Waals surface area contributed by atoms with Crippen LogP contribution in [0.15, 0.2) is 72.8 Å². The molecule has 1 aliphatic heterocycles. The van der Waals surface area contributed by atoms with Gasteiger partial charge in [0, 0.05) is 36.9 Å². The number of hydrogen-bond donors (Lipinski definition) is 1. The molecule has 1 N–H and O–H groups in total. The zero-order chi connectivity index (χ0) is 24.1. The third-order valence-electron chi connectivity index (χ3n) is 5.84. The van der Waals surface area contributed by atoms with Gasteiger partial charge in [-0.05, 0) is 66.4 Å². The molecular weight excluding hydrogens is 430 g/mol. The number of carbonyl (C=O) groups is 2. The summed E-state index contributed by atoms with van der Waals surface area (Å²) in [6.45, 7) is 4.79. The second kappa shape index (κ2) is 10.3. The summed E-state index contributed by atoms with van der Waals surface area (Å²) in [6, 6.07) is 11.6. The standard InChI is InChI=1S/C27H27N3O4/c1-3-4-14-34-22-8-7-21(15-18(22)2)25(31)23-24(20-9-12-28-13-10-20)30(27(33)26(23)32)17-19-6-5-11-29-16-19/h5-13,15-16,24,31H,3-4,14,17H2,1-2H3/b25-23-. The number of pyridine rings is 2. The molecule has 7 heteroatoms. The molecule has 1 saturated heterocycles. The van der Waals surface area contributed by atoms with E-state index in [1.54, 1.807) is 61.2 Å². The highest BCUT2D eigenvalue weighted by molar-refractivity contribution is 6.46. The summed E-state index contributed by atoms with van der Waals surface area (Å²) in [5.41, 5.74) is 2.83.